The van der Waals surface area contributed by atoms with Gasteiger partial charge in [-0.25, -0.2) is 12.8 Å². The van der Waals surface area contributed by atoms with Crippen LogP contribution in [0.25, 0.3) is 0 Å². The summed E-state index contributed by atoms with van der Waals surface area (Å²) in [6.07, 6.45) is 6.02. The van der Waals surface area contributed by atoms with Crippen molar-refractivity contribution in [1.82, 2.24) is 10.2 Å². The number of rotatable bonds is 12. The molecular formula is C32H38FN3O5S. The molecule has 4 rings (SSSR count). The Morgan fingerprint density at radius 2 is 1.57 bits per heavy atom. The topological polar surface area (TPSA) is 96.0 Å². The third kappa shape index (κ3) is 8.79. The van der Waals surface area contributed by atoms with Crippen molar-refractivity contribution in [2.45, 2.75) is 64.3 Å². The molecule has 0 bridgehead atoms. The first-order chi connectivity index (χ1) is 20.1. The zero-order chi connectivity index (χ0) is 30.1. The van der Waals surface area contributed by atoms with Gasteiger partial charge in [0.1, 0.15) is 30.8 Å². The molecule has 0 unspecified atom stereocenters. The summed E-state index contributed by atoms with van der Waals surface area (Å²) >= 11 is 0. The van der Waals surface area contributed by atoms with Crippen LogP contribution in [-0.2, 0) is 32.8 Å². The molecule has 3 aromatic rings. The van der Waals surface area contributed by atoms with Crippen LogP contribution in [0.15, 0.2) is 78.9 Å². The number of carbonyl (C=O) groups is 2. The second-order valence-corrected chi connectivity index (χ2v) is 12.6. The lowest BCUT2D eigenvalue weighted by Gasteiger charge is -2.33. The van der Waals surface area contributed by atoms with E-state index < -0.39 is 34.3 Å². The van der Waals surface area contributed by atoms with E-state index in [4.69, 9.17) is 4.74 Å². The molecule has 1 fully saturated rings. The molecule has 2 amide bonds. The van der Waals surface area contributed by atoms with Crippen LogP contribution >= 0.6 is 0 Å². The molecule has 42 heavy (non-hydrogen) atoms. The molecule has 0 radical (unpaired) electrons. The predicted molar refractivity (Wildman–Crippen MR) is 161 cm³/mol. The largest absolute Gasteiger partial charge is 0.489 e. The fourth-order valence-electron chi connectivity index (χ4n) is 5.00. The molecule has 1 aliphatic carbocycles. The molecule has 10 heteroatoms. The number of ether oxygens (including phenoxy) is 1. The average Bonchev–Trinajstić information content (AvgIpc) is 2.99. The number of amides is 2. The highest BCUT2D eigenvalue weighted by atomic mass is 32.2. The van der Waals surface area contributed by atoms with Gasteiger partial charge in [-0.3, -0.25) is 13.9 Å². The van der Waals surface area contributed by atoms with Gasteiger partial charge in [0.15, 0.2) is 0 Å². The van der Waals surface area contributed by atoms with E-state index in [9.17, 15) is 22.4 Å². The minimum Gasteiger partial charge on any atom is -0.489 e. The first kappa shape index (κ1) is 31.0. The normalized spacial score (nSPS) is 14.5. The van der Waals surface area contributed by atoms with Crippen molar-refractivity contribution in [3.63, 3.8) is 0 Å². The minimum absolute atomic E-state index is 0.0161. The number of carbonyl (C=O) groups excluding carboxylic acids is 2. The number of benzene rings is 3. The number of sulfonamides is 1. The summed E-state index contributed by atoms with van der Waals surface area (Å²) in [6, 6.07) is 20.9. The highest BCUT2D eigenvalue weighted by molar-refractivity contribution is 7.92. The summed E-state index contributed by atoms with van der Waals surface area (Å²) in [7, 11) is -3.87. The maximum atomic E-state index is 13.8. The van der Waals surface area contributed by atoms with Crippen molar-refractivity contribution < 1.29 is 27.1 Å². The van der Waals surface area contributed by atoms with Crippen molar-refractivity contribution >= 4 is 27.5 Å². The van der Waals surface area contributed by atoms with Crippen LogP contribution in [0.1, 0.15) is 50.2 Å². The number of nitrogens with one attached hydrogen (secondary N) is 1. The van der Waals surface area contributed by atoms with Crippen LogP contribution < -0.4 is 14.4 Å². The molecule has 1 saturated carbocycles. The van der Waals surface area contributed by atoms with Gasteiger partial charge in [-0.1, -0.05) is 61.7 Å². The lowest BCUT2D eigenvalue weighted by atomic mass is 9.95. The van der Waals surface area contributed by atoms with E-state index in [1.54, 1.807) is 43.3 Å². The molecule has 1 atom stereocenters. The minimum atomic E-state index is -3.87. The van der Waals surface area contributed by atoms with Crippen LogP contribution in [0.4, 0.5) is 10.1 Å². The molecule has 3 aromatic carbocycles. The van der Waals surface area contributed by atoms with Crippen molar-refractivity contribution in [3.8, 4) is 5.75 Å². The zero-order valence-electron chi connectivity index (χ0n) is 24.0. The van der Waals surface area contributed by atoms with Gasteiger partial charge in [-0.2, -0.15) is 0 Å². The standard InChI is InChI=1S/C32H38FN3O5S/c1-24(32(38)34-28-11-7-4-8-12-28)35(21-25-13-15-27(33)16-14-25)31(37)22-36(42(2,39)40)29-17-19-30(20-18-29)41-23-26-9-5-3-6-10-26/h3,5-6,9-10,13-20,24,28H,4,7-8,11-12,21-23H2,1-2H3,(H,34,38)/t24-/m1/s1. The third-order valence-electron chi connectivity index (χ3n) is 7.44. The molecule has 1 aliphatic rings. The molecule has 0 aliphatic heterocycles. The Hall–Kier alpha value is -3.92. The summed E-state index contributed by atoms with van der Waals surface area (Å²) < 4.78 is 46.1. The molecule has 1 N–H and O–H groups in total. The molecule has 0 heterocycles. The van der Waals surface area contributed by atoms with Crippen molar-refractivity contribution in [2.24, 2.45) is 0 Å². The van der Waals surface area contributed by atoms with Gasteiger partial charge in [-0.05, 0) is 67.3 Å². The number of nitrogens with zero attached hydrogens (tertiary/aromatic N) is 2. The van der Waals surface area contributed by atoms with Gasteiger partial charge in [0, 0.05) is 12.6 Å². The molecule has 0 spiro atoms. The maximum absolute atomic E-state index is 13.8. The third-order valence-corrected chi connectivity index (χ3v) is 8.58. The Morgan fingerprint density at radius 1 is 0.929 bits per heavy atom. The van der Waals surface area contributed by atoms with E-state index in [2.05, 4.69) is 5.32 Å². The van der Waals surface area contributed by atoms with Gasteiger partial charge >= 0.3 is 0 Å². The summed E-state index contributed by atoms with van der Waals surface area (Å²) in [4.78, 5) is 28.3. The number of hydrogen-bond acceptors (Lipinski definition) is 5. The fourth-order valence-corrected chi connectivity index (χ4v) is 5.85. The van der Waals surface area contributed by atoms with Crippen LogP contribution in [0.3, 0.4) is 0 Å². The van der Waals surface area contributed by atoms with E-state index in [0.717, 1.165) is 48.2 Å². The van der Waals surface area contributed by atoms with E-state index in [1.807, 2.05) is 30.3 Å². The Kier molecular flexibility index (Phi) is 10.6. The van der Waals surface area contributed by atoms with Crippen LogP contribution in [0.5, 0.6) is 5.75 Å². The van der Waals surface area contributed by atoms with Crippen molar-refractivity contribution in [1.29, 1.82) is 0 Å². The van der Waals surface area contributed by atoms with Crippen LogP contribution in [0, 0.1) is 5.82 Å². The van der Waals surface area contributed by atoms with E-state index in [1.165, 1.54) is 17.0 Å². The van der Waals surface area contributed by atoms with Crippen LogP contribution in [-0.4, -0.2) is 50.0 Å². The Bertz CT molecular complexity index is 1430. The van der Waals surface area contributed by atoms with Gasteiger partial charge < -0.3 is 15.0 Å². The highest BCUT2D eigenvalue weighted by Crippen LogP contribution is 2.24. The highest BCUT2D eigenvalue weighted by Gasteiger charge is 2.31. The number of anilines is 1. The quantitative estimate of drug-likeness (QED) is 0.317. The average molecular weight is 596 g/mol. The summed E-state index contributed by atoms with van der Waals surface area (Å²) in [5, 5.41) is 3.06. The molecule has 224 valence electrons. The van der Waals surface area contributed by atoms with E-state index in [-0.39, 0.29) is 18.5 Å². The lowest BCUT2D eigenvalue weighted by molar-refractivity contribution is -0.139. The Labute approximate surface area is 247 Å². The SMILES string of the molecule is C[C@H](C(=O)NC1CCCCC1)N(Cc1ccc(F)cc1)C(=O)CN(c1ccc(OCc2ccccc2)cc1)S(C)(=O)=O. The Balaban J connectivity index is 1.51. The molecule has 0 aromatic heterocycles. The molecule has 8 nitrogen and oxygen atoms in total. The van der Waals surface area contributed by atoms with Gasteiger partial charge in [0.2, 0.25) is 21.8 Å². The van der Waals surface area contributed by atoms with Crippen LogP contribution in [0.2, 0.25) is 0 Å². The second-order valence-electron chi connectivity index (χ2n) is 10.7. The monoisotopic (exact) mass is 595 g/mol. The van der Waals surface area contributed by atoms with E-state index >= 15 is 0 Å². The second kappa shape index (κ2) is 14.3. The first-order valence-electron chi connectivity index (χ1n) is 14.2. The predicted octanol–water partition coefficient (Wildman–Crippen LogP) is 5.04. The van der Waals surface area contributed by atoms with E-state index in [0.29, 0.717) is 23.6 Å². The van der Waals surface area contributed by atoms with Crippen molar-refractivity contribution in [3.05, 3.63) is 95.8 Å². The summed E-state index contributed by atoms with van der Waals surface area (Å²) in [5.41, 5.74) is 1.90. The Morgan fingerprint density at radius 3 is 2.19 bits per heavy atom. The van der Waals surface area contributed by atoms with Gasteiger partial charge in [-0.15, -0.1) is 0 Å². The summed E-state index contributed by atoms with van der Waals surface area (Å²) in [5.74, 6) is -0.726. The van der Waals surface area contributed by atoms with Crippen molar-refractivity contribution in [2.75, 3.05) is 17.1 Å². The smallest absolute Gasteiger partial charge is 0.244 e. The van der Waals surface area contributed by atoms with Gasteiger partial charge in [0.05, 0.1) is 11.9 Å². The molecular weight excluding hydrogens is 557 g/mol. The number of hydrogen-bond donors (Lipinski definition) is 1. The zero-order valence-corrected chi connectivity index (χ0v) is 24.9. The number of halogens is 1. The fraction of sp³-hybridized carbons (Fsp3) is 0.375. The molecule has 0 saturated heterocycles. The first-order valence-corrected chi connectivity index (χ1v) is 16.0. The summed E-state index contributed by atoms with van der Waals surface area (Å²) in [6.45, 7) is 1.49. The lowest BCUT2D eigenvalue weighted by Crippen LogP contribution is -2.52. The van der Waals surface area contributed by atoms with Gasteiger partial charge in [0.25, 0.3) is 0 Å². The maximum Gasteiger partial charge on any atom is 0.244 e.